The van der Waals surface area contributed by atoms with Gasteiger partial charge in [0.2, 0.25) is 0 Å². The van der Waals surface area contributed by atoms with Gasteiger partial charge in [-0.25, -0.2) is 0 Å². The van der Waals surface area contributed by atoms with Crippen molar-refractivity contribution < 1.29 is 14.3 Å². The maximum Gasteiger partial charge on any atom is 0.306 e. The molecular weight excluding hydrogens is 458 g/mol. The molecular formula is C33H63NO3. The number of hydrogen-bond acceptors (Lipinski definition) is 4. The molecule has 0 heterocycles. The predicted molar refractivity (Wildman–Crippen MR) is 160 cm³/mol. The summed E-state index contributed by atoms with van der Waals surface area (Å²) >= 11 is 0. The summed E-state index contributed by atoms with van der Waals surface area (Å²) in [4.78, 5) is 23.3. The summed E-state index contributed by atoms with van der Waals surface area (Å²) in [6, 6.07) is 0. The second-order valence-electron chi connectivity index (χ2n) is 11.1. The van der Waals surface area contributed by atoms with Crippen LogP contribution in [0.3, 0.4) is 0 Å². The van der Waals surface area contributed by atoms with Gasteiger partial charge in [-0.15, -0.1) is 0 Å². The number of rotatable bonds is 29. The Morgan fingerprint density at radius 1 is 0.649 bits per heavy atom. The molecule has 0 saturated carbocycles. The minimum absolute atomic E-state index is 0.0359. The lowest BCUT2D eigenvalue weighted by atomic mass is 10.0. The summed E-state index contributed by atoms with van der Waals surface area (Å²) in [5, 5.41) is 3.09. The van der Waals surface area contributed by atoms with Gasteiger partial charge in [-0.3, -0.25) is 4.79 Å². The second kappa shape index (κ2) is 29.4. The highest BCUT2D eigenvalue weighted by Gasteiger charge is 2.14. The Morgan fingerprint density at radius 2 is 1.14 bits per heavy atom. The number of hydrogen-bond donors (Lipinski definition) is 1. The lowest BCUT2D eigenvalue weighted by Crippen LogP contribution is -2.19. The summed E-state index contributed by atoms with van der Waals surface area (Å²) in [5.74, 6) is 0.257. The maximum atomic E-state index is 12.3. The SMILES string of the molecule is CCCCCCCC/C=C\CCCCCCCCC(CCCCCCCC(C)=O)OC(=O)CCCNC. The molecule has 0 aliphatic heterocycles. The lowest BCUT2D eigenvalue weighted by molar-refractivity contribution is -0.150. The normalized spacial score (nSPS) is 12.3. The van der Waals surface area contributed by atoms with E-state index in [4.69, 9.17) is 4.74 Å². The smallest absolute Gasteiger partial charge is 0.306 e. The fraction of sp³-hybridized carbons (Fsp3) is 0.879. The minimum Gasteiger partial charge on any atom is -0.462 e. The van der Waals surface area contributed by atoms with Crippen LogP contribution in [0.25, 0.3) is 0 Å². The van der Waals surface area contributed by atoms with E-state index in [0.717, 1.165) is 51.5 Å². The fourth-order valence-corrected chi connectivity index (χ4v) is 4.81. The van der Waals surface area contributed by atoms with Crippen LogP contribution in [0.5, 0.6) is 0 Å². The molecule has 1 unspecified atom stereocenters. The molecule has 0 amide bonds. The third-order valence-electron chi connectivity index (χ3n) is 7.20. The second-order valence-corrected chi connectivity index (χ2v) is 11.1. The van der Waals surface area contributed by atoms with Gasteiger partial charge in [0.15, 0.2) is 0 Å². The first-order chi connectivity index (χ1) is 18.1. The number of esters is 1. The molecule has 4 nitrogen and oxygen atoms in total. The van der Waals surface area contributed by atoms with Crippen molar-refractivity contribution in [2.75, 3.05) is 13.6 Å². The number of unbranched alkanes of at least 4 members (excludes halogenated alkanes) is 16. The highest BCUT2D eigenvalue weighted by atomic mass is 16.5. The van der Waals surface area contributed by atoms with E-state index in [1.807, 2.05) is 7.05 Å². The number of carbonyl (C=O) groups excluding carboxylic acids is 2. The van der Waals surface area contributed by atoms with E-state index in [0.29, 0.717) is 18.6 Å². The van der Waals surface area contributed by atoms with E-state index < -0.39 is 0 Å². The number of carbonyl (C=O) groups is 2. The molecule has 218 valence electrons. The van der Waals surface area contributed by atoms with Crippen molar-refractivity contribution >= 4 is 11.8 Å². The van der Waals surface area contributed by atoms with Crippen molar-refractivity contribution in [3.63, 3.8) is 0 Å². The van der Waals surface area contributed by atoms with Crippen LogP contribution in [0, 0.1) is 0 Å². The minimum atomic E-state index is -0.0359. The van der Waals surface area contributed by atoms with Gasteiger partial charge >= 0.3 is 5.97 Å². The van der Waals surface area contributed by atoms with Crippen molar-refractivity contribution in [3.05, 3.63) is 12.2 Å². The van der Waals surface area contributed by atoms with Crippen molar-refractivity contribution in [3.8, 4) is 0 Å². The van der Waals surface area contributed by atoms with Gasteiger partial charge < -0.3 is 14.8 Å². The summed E-state index contributed by atoms with van der Waals surface area (Å²) in [7, 11) is 1.92. The van der Waals surface area contributed by atoms with Gasteiger partial charge in [-0.1, -0.05) is 96.1 Å². The summed E-state index contributed by atoms with van der Waals surface area (Å²) in [5.41, 5.74) is 0. The van der Waals surface area contributed by atoms with E-state index >= 15 is 0 Å². The number of ketones is 1. The third-order valence-corrected chi connectivity index (χ3v) is 7.20. The van der Waals surface area contributed by atoms with Crippen LogP contribution in [0.2, 0.25) is 0 Å². The zero-order valence-electron chi connectivity index (χ0n) is 25.1. The molecule has 0 aromatic carbocycles. The van der Waals surface area contributed by atoms with Crippen LogP contribution < -0.4 is 5.32 Å². The van der Waals surface area contributed by atoms with Crippen LogP contribution in [0.1, 0.15) is 168 Å². The number of allylic oxidation sites excluding steroid dienone is 2. The van der Waals surface area contributed by atoms with E-state index in [1.54, 1.807) is 6.92 Å². The molecule has 0 bridgehead atoms. The van der Waals surface area contributed by atoms with Crippen LogP contribution >= 0.6 is 0 Å². The van der Waals surface area contributed by atoms with Crippen LogP contribution in [-0.4, -0.2) is 31.4 Å². The molecule has 0 aliphatic rings. The Labute approximate surface area is 231 Å². The third kappa shape index (κ3) is 29.3. The molecule has 0 fully saturated rings. The van der Waals surface area contributed by atoms with E-state index in [-0.39, 0.29) is 12.1 Å². The standard InChI is InChI=1S/C33H63NO3/c1-4-5-6-7-8-9-10-11-12-13-14-15-16-17-20-23-27-32(37-33(36)29-25-30-34-3)28-24-21-18-19-22-26-31(2)35/h11-12,32,34H,4-10,13-30H2,1-3H3/b12-11-. The first-order valence-corrected chi connectivity index (χ1v) is 16.1. The lowest BCUT2D eigenvalue weighted by Gasteiger charge is -2.18. The zero-order chi connectivity index (χ0) is 27.2. The topological polar surface area (TPSA) is 55.4 Å². The molecule has 0 rings (SSSR count). The van der Waals surface area contributed by atoms with Crippen LogP contribution in [-0.2, 0) is 14.3 Å². The molecule has 1 atom stereocenters. The highest BCUT2D eigenvalue weighted by molar-refractivity contribution is 5.75. The Balaban J connectivity index is 3.87. The molecule has 0 aliphatic carbocycles. The molecule has 0 saturated heterocycles. The molecule has 0 aromatic heterocycles. The average Bonchev–Trinajstić information content (AvgIpc) is 2.87. The molecule has 1 N–H and O–H groups in total. The number of nitrogens with one attached hydrogen (secondary N) is 1. The molecule has 0 spiro atoms. The van der Waals surface area contributed by atoms with Crippen LogP contribution in [0.15, 0.2) is 12.2 Å². The van der Waals surface area contributed by atoms with Crippen LogP contribution in [0.4, 0.5) is 0 Å². The van der Waals surface area contributed by atoms with Crippen molar-refractivity contribution in [1.82, 2.24) is 5.32 Å². The Kier molecular flexibility index (Phi) is 28.5. The fourth-order valence-electron chi connectivity index (χ4n) is 4.81. The highest BCUT2D eigenvalue weighted by Crippen LogP contribution is 2.18. The molecule has 4 heteroatoms. The first kappa shape index (κ1) is 35.8. The van der Waals surface area contributed by atoms with Crippen molar-refractivity contribution in [2.24, 2.45) is 0 Å². The Hall–Kier alpha value is -1.16. The van der Waals surface area contributed by atoms with E-state index in [2.05, 4.69) is 24.4 Å². The van der Waals surface area contributed by atoms with E-state index in [1.165, 1.54) is 96.3 Å². The van der Waals surface area contributed by atoms with Gasteiger partial charge in [0.05, 0.1) is 0 Å². The largest absolute Gasteiger partial charge is 0.462 e. The van der Waals surface area contributed by atoms with Gasteiger partial charge in [0.1, 0.15) is 11.9 Å². The summed E-state index contributed by atoms with van der Waals surface area (Å²) in [6.07, 6.45) is 32.9. The van der Waals surface area contributed by atoms with E-state index in [9.17, 15) is 9.59 Å². The molecule has 0 aromatic rings. The van der Waals surface area contributed by atoms with Gasteiger partial charge in [0.25, 0.3) is 0 Å². The van der Waals surface area contributed by atoms with Gasteiger partial charge in [-0.2, -0.15) is 0 Å². The summed E-state index contributed by atoms with van der Waals surface area (Å²) in [6.45, 7) is 4.80. The molecule has 37 heavy (non-hydrogen) atoms. The first-order valence-electron chi connectivity index (χ1n) is 16.1. The number of Topliss-reactive ketones (excluding diaryl/α,β-unsaturated/α-hetero) is 1. The van der Waals surface area contributed by atoms with Crippen molar-refractivity contribution in [1.29, 1.82) is 0 Å². The quantitative estimate of drug-likeness (QED) is 0.0604. The Bertz CT molecular complexity index is 532. The van der Waals surface area contributed by atoms with Crippen molar-refractivity contribution in [2.45, 2.75) is 174 Å². The molecule has 0 radical (unpaired) electrons. The average molecular weight is 522 g/mol. The predicted octanol–water partition coefficient (Wildman–Crippen LogP) is 9.65. The van der Waals surface area contributed by atoms with Gasteiger partial charge in [-0.05, 0) is 84.7 Å². The zero-order valence-corrected chi connectivity index (χ0v) is 25.1. The maximum absolute atomic E-state index is 12.3. The Morgan fingerprint density at radius 3 is 1.65 bits per heavy atom. The monoisotopic (exact) mass is 521 g/mol. The summed E-state index contributed by atoms with van der Waals surface area (Å²) < 4.78 is 5.86. The van der Waals surface area contributed by atoms with Gasteiger partial charge in [0, 0.05) is 12.8 Å². The number of ether oxygens (including phenoxy) is 1.